The predicted octanol–water partition coefficient (Wildman–Crippen LogP) is 1.64. The summed E-state index contributed by atoms with van der Waals surface area (Å²) in [6, 6.07) is 2.80. The zero-order valence-electron chi connectivity index (χ0n) is 12.7. The van der Waals surface area contributed by atoms with Gasteiger partial charge >= 0.3 is 6.18 Å². The lowest BCUT2D eigenvalue weighted by Crippen LogP contribution is -2.44. The van der Waals surface area contributed by atoms with Crippen LogP contribution in [0.4, 0.5) is 13.2 Å². The molecule has 2 rings (SSSR count). The molecule has 23 heavy (non-hydrogen) atoms. The minimum atomic E-state index is -4.42. The summed E-state index contributed by atoms with van der Waals surface area (Å²) < 4.78 is 37.2. The third kappa shape index (κ3) is 4.67. The van der Waals surface area contributed by atoms with Crippen molar-refractivity contribution in [2.75, 3.05) is 20.1 Å². The third-order valence-corrected chi connectivity index (χ3v) is 3.85. The van der Waals surface area contributed by atoms with E-state index in [1.54, 1.807) is 18.5 Å². The maximum atomic E-state index is 12.4. The fourth-order valence-electron chi connectivity index (χ4n) is 2.60. The Morgan fingerprint density at radius 3 is 2.83 bits per heavy atom. The van der Waals surface area contributed by atoms with Gasteiger partial charge in [0.2, 0.25) is 11.8 Å². The molecule has 5 nitrogen and oxygen atoms in total. The lowest BCUT2D eigenvalue weighted by Gasteiger charge is -2.24. The van der Waals surface area contributed by atoms with Crippen LogP contribution < -0.4 is 0 Å². The number of halogens is 3. The number of rotatable bonds is 5. The van der Waals surface area contributed by atoms with Gasteiger partial charge in [0, 0.05) is 32.4 Å². The maximum absolute atomic E-state index is 12.4. The Morgan fingerprint density at radius 2 is 2.22 bits per heavy atom. The second-order valence-corrected chi connectivity index (χ2v) is 5.55. The molecule has 0 radical (unpaired) electrons. The Hall–Kier alpha value is -2.12. The molecule has 0 N–H and O–H groups in total. The van der Waals surface area contributed by atoms with Crippen LogP contribution in [0.5, 0.6) is 0 Å². The molecule has 0 aromatic carbocycles. The van der Waals surface area contributed by atoms with E-state index in [2.05, 4.69) is 4.98 Å². The van der Waals surface area contributed by atoms with Crippen molar-refractivity contribution in [2.24, 2.45) is 0 Å². The Bertz CT molecular complexity index is 563. The number of amides is 2. The number of carbonyl (C=O) groups excluding carboxylic acids is 2. The van der Waals surface area contributed by atoms with E-state index < -0.39 is 24.7 Å². The van der Waals surface area contributed by atoms with Crippen molar-refractivity contribution in [3.63, 3.8) is 0 Å². The molecule has 1 aromatic heterocycles. The molecule has 2 heterocycles. The number of carbonyl (C=O) groups is 2. The molecule has 2 amide bonds. The molecular weight excluding hydrogens is 311 g/mol. The molecular formula is C15H18F3N3O2. The van der Waals surface area contributed by atoms with Crippen molar-refractivity contribution in [3.05, 3.63) is 30.1 Å². The number of alkyl halides is 3. The van der Waals surface area contributed by atoms with E-state index in [9.17, 15) is 22.8 Å². The number of aryl methyl sites for hydroxylation is 1. The quantitative estimate of drug-likeness (QED) is 0.825. The minimum Gasteiger partial charge on any atom is -0.334 e. The molecule has 0 spiro atoms. The molecule has 1 fully saturated rings. The molecule has 1 aliphatic rings. The molecule has 8 heteroatoms. The summed E-state index contributed by atoms with van der Waals surface area (Å²) in [4.78, 5) is 30.1. The van der Waals surface area contributed by atoms with Gasteiger partial charge in [-0.3, -0.25) is 14.6 Å². The first-order chi connectivity index (χ1) is 10.8. The number of likely N-dealkylation sites (tertiary alicyclic amines) is 1. The van der Waals surface area contributed by atoms with E-state index in [4.69, 9.17) is 0 Å². The van der Waals surface area contributed by atoms with Crippen LogP contribution >= 0.6 is 0 Å². The van der Waals surface area contributed by atoms with Crippen LogP contribution in [-0.4, -0.2) is 59.0 Å². The van der Waals surface area contributed by atoms with E-state index in [0.717, 1.165) is 10.5 Å². The number of aromatic nitrogens is 1. The summed E-state index contributed by atoms with van der Waals surface area (Å²) >= 11 is 0. The Labute approximate surface area is 132 Å². The zero-order chi connectivity index (χ0) is 17.0. The molecule has 126 valence electrons. The fourth-order valence-corrected chi connectivity index (χ4v) is 2.60. The summed E-state index contributed by atoms with van der Waals surface area (Å²) in [7, 11) is 1.46. The van der Waals surface area contributed by atoms with Gasteiger partial charge in [0.25, 0.3) is 0 Å². The first-order valence-electron chi connectivity index (χ1n) is 7.28. The molecule has 1 saturated heterocycles. The van der Waals surface area contributed by atoms with E-state index in [0.29, 0.717) is 6.42 Å². The van der Waals surface area contributed by atoms with Gasteiger partial charge in [-0.15, -0.1) is 0 Å². The smallest absolute Gasteiger partial charge is 0.334 e. The second kappa shape index (κ2) is 6.97. The van der Waals surface area contributed by atoms with Crippen molar-refractivity contribution in [1.29, 1.82) is 0 Å². The SMILES string of the molecule is CN(C(=O)CCc1cccnc1)C1CCN(CC(F)(F)F)C1=O. The van der Waals surface area contributed by atoms with Crippen LogP contribution in [0.3, 0.4) is 0 Å². The number of pyridine rings is 1. The van der Waals surface area contributed by atoms with Crippen LogP contribution in [0.2, 0.25) is 0 Å². The second-order valence-electron chi connectivity index (χ2n) is 5.55. The van der Waals surface area contributed by atoms with Crippen molar-refractivity contribution < 1.29 is 22.8 Å². The van der Waals surface area contributed by atoms with Gasteiger partial charge < -0.3 is 9.80 Å². The van der Waals surface area contributed by atoms with E-state index in [1.165, 1.54) is 11.9 Å². The average Bonchev–Trinajstić information content (AvgIpc) is 2.84. The molecule has 1 unspecified atom stereocenters. The number of likely N-dealkylation sites (N-methyl/N-ethyl adjacent to an activating group) is 1. The Kier molecular flexibility index (Phi) is 5.23. The molecule has 0 aliphatic carbocycles. The summed E-state index contributed by atoms with van der Waals surface area (Å²) in [6.07, 6.45) is -0.254. The highest BCUT2D eigenvalue weighted by Crippen LogP contribution is 2.23. The fraction of sp³-hybridized carbons (Fsp3) is 0.533. The van der Waals surface area contributed by atoms with E-state index >= 15 is 0 Å². The highest BCUT2D eigenvalue weighted by Gasteiger charge is 2.41. The monoisotopic (exact) mass is 329 g/mol. The third-order valence-electron chi connectivity index (χ3n) is 3.85. The normalized spacial score (nSPS) is 18.3. The highest BCUT2D eigenvalue weighted by atomic mass is 19.4. The zero-order valence-corrected chi connectivity index (χ0v) is 12.7. The summed E-state index contributed by atoms with van der Waals surface area (Å²) in [5.74, 6) is -0.902. The highest BCUT2D eigenvalue weighted by molar-refractivity contribution is 5.89. The van der Waals surface area contributed by atoms with Crippen LogP contribution in [0.25, 0.3) is 0 Å². The van der Waals surface area contributed by atoms with Gasteiger partial charge in [-0.05, 0) is 24.5 Å². The van der Waals surface area contributed by atoms with Gasteiger partial charge in [-0.25, -0.2) is 0 Å². The summed E-state index contributed by atoms with van der Waals surface area (Å²) in [6.45, 7) is -1.25. The van der Waals surface area contributed by atoms with Gasteiger partial charge in [0.15, 0.2) is 0 Å². The van der Waals surface area contributed by atoms with Crippen LogP contribution in [0.15, 0.2) is 24.5 Å². The van der Waals surface area contributed by atoms with E-state index in [-0.39, 0.29) is 25.3 Å². The minimum absolute atomic E-state index is 0.0171. The van der Waals surface area contributed by atoms with Crippen molar-refractivity contribution in [2.45, 2.75) is 31.5 Å². The first-order valence-corrected chi connectivity index (χ1v) is 7.28. The topological polar surface area (TPSA) is 53.5 Å². The van der Waals surface area contributed by atoms with Crippen molar-refractivity contribution >= 4 is 11.8 Å². The van der Waals surface area contributed by atoms with Gasteiger partial charge in [-0.2, -0.15) is 13.2 Å². The van der Waals surface area contributed by atoms with Gasteiger partial charge in [0.05, 0.1) is 0 Å². The number of hydrogen-bond acceptors (Lipinski definition) is 3. The molecule has 1 atom stereocenters. The van der Waals surface area contributed by atoms with Crippen molar-refractivity contribution in [3.8, 4) is 0 Å². The average molecular weight is 329 g/mol. The predicted molar refractivity (Wildman–Crippen MR) is 76.4 cm³/mol. The van der Waals surface area contributed by atoms with E-state index in [1.807, 2.05) is 6.07 Å². The molecule has 0 bridgehead atoms. The Balaban J connectivity index is 1.88. The lowest BCUT2D eigenvalue weighted by molar-refractivity contribution is -0.159. The van der Waals surface area contributed by atoms with Crippen LogP contribution in [-0.2, 0) is 16.0 Å². The Morgan fingerprint density at radius 1 is 1.48 bits per heavy atom. The molecule has 1 aromatic rings. The molecule has 1 aliphatic heterocycles. The molecule has 0 saturated carbocycles. The van der Waals surface area contributed by atoms with Crippen LogP contribution in [0, 0.1) is 0 Å². The maximum Gasteiger partial charge on any atom is 0.406 e. The summed E-state index contributed by atoms with van der Waals surface area (Å²) in [5, 5.41) is 0. The lowest BCUT2D eigenvalue weighted by atomic mass is 10.1. The number of nitrogens with zero attached hydrogens (tertiary/aromatic N) is 3. The number of hydrogen-bond donors (Lipinski definition) is 0. The summed E-state index contributed by atoms with van der Waals surface area (Å²) in [5.41, 5.74) is 0.894. The largest absolute Gasteiger partial charge is 0.406 e. The van der Waals surface area contributed by atoms with Crippen LogP contribution in [0.1, 0.15) is 18.4 Å². The standard InChI is InChI=1S/C15H18F3N3O2/c1-20(13(22)5-4-11-3-2-7-19-9-11)12-6-8-21(14(12)23)10-15(16,17)18/h2-3,7,9,12H,4-6,8,10H2,1H3. The van der Waals surface area contributed by atoms with Crippen molar-refractivity contribution in [1.82, 2.24) is 14.8 Å². The van der Waals surface area contributed by atoms with Gasteiger partial charge in [-0.1, -0.05) is 6.07 Å². The van der Waals surface area contributed by atoms with Gasteiger partial charge in [0.1, 0.15) is 12.6 Å². The first kappa shape index (κ1) is 17.2.